The van der Waals surface area contributed by atoms with Gasteiger partial charge < -0.3 is 18.9 Å². The van der Waals surface area contributed by atoms with Crippen LogP contribution in [0.25, 0.3) is 21.9 Å². The number of carbonyl (C=O) groups excluding carboxylic acids is 3. The first-order valence-corrected chi connectivity index (χ1v) is 16.1. The lowest BCUT2D eigenvalue weighted by molar-refractivity contribution is -0.138. The summed E-state index contributed by atoms with van der Waals surface area (Å²) in [4.78, 5) is 36.1. The molecule has 7 nitrogen and oxygen atoms in total. The molecule has 0 aromatic heterocycles. The Kier molecular flexibility index (Phi) is 13.5. The van der Waals surface area contributed by atoms with Crippen molar-refractivity contribution in [1.82, 2.24) is 0 Å². The Morgan fingerprint density at radius 1 is 0.565 bits per heavy atom. The maximum Gasteiger partial charge on any atom is 0.330 e. The highest BCUT2D eigenvalue weighted by Gasteiger charge is 2.10. The van der Waals surface area contributed by atoms with Gasteiger partial charge in [-0.05, 0) is 108 Å². The number of ether oxygens (including phenoxy) is 4. The predicted molar refractivity (Wildman–Crippen MR) is 182 cm³/mol. The molecule has 46 heavy (non-hydrogen) atoms. The monoisotopic (exact) mass is 638 g/mol. The summed E-state index contributed by atoms with van der Waals surface area (Å²) in [6, 6.07) is 27.3. The Hall–Kier alpha value is -4.82. The van der Waals surface area contributed by atoms with Crippen molar-refractivity contribution in [2.24, 2.45) is 0 Å². The summed E-state index contributed by atoms with van der Waals surface area (Å²) in [5.74, 6) is 0.719. The zero-order chi connectivity index (χ0) is 32.6. The first-order chi connectivity index (χ1) is 22.4. The van der Waals surface area contributed by atoms with Gasteiger partial charge in [0.05, 0.1) is 26.4 Å². The van der Waals surface area contributed by atoms with Crippen molar-refractivity contribution in [2.45, 2.75) is 37.0 Å². The number of carbonyl (C=O) groups is 3. The molecule has 0 amide bonds. The highest BCUT2D eigenvalue weighted by atomic mass is 32.2. The lowest BCUT2D eigenvalue weighted by Crippen LogP contribution is -2.06. The van der Waals surface area contributed by atoms with Crippen LogP contribution in [-0.4, -0.2) is 43.5 Å². The maximum absolute atomic E-state index is 13.1. The largest absolute Gasteiger partial charge is 0.494 e. The van der Waals surface area contributed by atoms with Crippen LogP contribution < -0.4 is 9.47 Å². The van der Waals surface area contributed by atoms with Crippen molar-refractivity contribution in [2.75, 3.05) is 26.4 Å². The van der Waals surface area contributed by atoms with Crippen LogP contribution in [-0.2, 0) is 19.1 Å². The fraction of sp³-hybridized carbons (Fsp3) is 0.237. The predicted octanol–water partition coefficient (Wildman–Crippen LogP) is 8.61. The number of esters is 2. The Balaban J connectivity index is 1.21. The molecule has 0 atom stereocenters. The zero-order valence-corrected chi connectivity index (χ0v) is 26.6. The van der Waals surface area contributed by atoms with Gasteiger partial charge in [0.2, 0.25) is 5.12 Å². The van der Waals surface area contributed by atoms with E-state index in [1.807, 2.05) is 84.9 Å². The molecular weight excluding hydrogens is 600 g/mol. The van der Waals surface area contributed by atoms with Crippen molar-refractivity contribution in [3.8, 4) is 22.6 Å². The number of unbranched alkanes of at least 4 members (excludes halogenated alkanes) is 3. The molecule has 4 aromatic rings. The van der Waals surface area contributed by atoms with Crippen LogP contribution in [0.2, 0.25) is 0 Å². The summed E-state index contributed by atoms with van der Waals surface area (Å²) in [5, 5.41) is 1.89. The van der Waals surface area contributed by atoms with Crippen LogP contribution >= 0.6 is 11.8 Å². The second-order valence-corrected chi connectivity index (χ2v) is 11.4. The fourth-order valence-electron chi connectivity index (χ4n) is 4.53. The van der Waals surface area contributed by atoms with Gasteiger partial charge in [-0.2, -0.15) is 0 Å². The SMILES string of the molecule is C=CC(=O)OCCCCCCOc1ccc(-c2ccc(SC(=O)c3ccc4cc(OCCCOC(=O)C=C)ccc4c3)cc2)cc1. The lowest BCUT2D eigenvalue weighted by Gasteiger charge is -2.09. The van der Waals surface area contributed by atoms with E-state index < -0.39 is 5.97 Å². The summed E-state index contributed by atoms with van der Waals surface area (Å²) in [5.41, 5.74) is 2.75. The van der Waals surface area contributed by atoms with Gasteiger partial charge in [0, 0.05) is 29.0 Å². The second-order valence-electron chi connectivity index (χ2n) is 10.4. The Labute approximate surface area is 274 Å². The average molecular weight is 639 g/mol. The second kappa shape index (κ2) is 18.2. The molecule has 0 fully saturated rings. The van der Waals surface area contributed by atoms with E-state index >= 15 is 0 Å². The minimum Gasteiger partial charge on any atom is -0.494 e. The summed E-state index contributed by atoms with van der Waals surface area (Å²) >= 11 is 1.20. The van der Waals surface area contributed by atoms with E-state index in [2.05, 4.69) is 13.2 Å². The molecule has 0 heterocycles. The van der Waals surface area contributed by atoms with E-state index in [0.717, 1.165) is 64.3 Å². The molecule has 0 saturated carbocycles. The van der Waals surface area contributed by atoms with Gasteiger partial charge in [0.15, 0.2) is 0 Å². The minimum atomic E-state index is -0.442. The number of hydrogen-bond acceptors (Lipinski definition) is 8. The van der Waals surface area contributed by atoms with Crippen molar-refractivity contribution in [3.05, 3.63) is 116 Å². The van der Waals surface area contributed by atoms with Crippen molar-refractivity contribution < 1.29 is 33.3 Å². The zero-order valence-electron chi connectivity index (χ0n) is 25.8. The lowest BCUT2D eigenvalue weighted by atomic mass is 10.1. The Morgan fingerprint density at radius 3 is 1.76 bits per heavy atom. The summed E-state index contributed by atoms with van der Waals surface area (Å²) in [6.45, 7) is 8.50. The molecule has 0 unspecified atom stereocenters. The Morgan fingerprint density at radius 2 is 1.09 bits per heavy atom. The average Bonchev–Trinajstić information content (AvgIpc) is 3.09. The summed E-state index contributed by atoms with van der Waals surface area (Å²) < 4.78 is 21.6. The number of benzene rings is 4. The Bertz CT molecular complexity index is 1630. The molecule has 0 saturated heterocycles. The first-order valence-electron chi connectivity index (χ1n) is 15.3. The van der Waals surface area contributed by atoms with Crippen molar-refractivity contribution >= 4 is 39.6 Å². The molecule has 0 aliphatic heterocycles. The van der Waals surface area contributed by atoms with E-state index in [1.54, 1.807) is 0 Å². The third-order valence-corrected chi connectivity index (χ3v) is 7.92. The molecule has 4 aromatic carbocycles. The standard InChI is InChI=1S/C38H38O7S/c1-3-36(39)44-23-8-6-5-7-22-42-33-17-12-28(13-18-33)29-15-20-35(21-16-29)46-38(41)32-11-10-31-27-34(19-14-30(31)26-32)43-24-9-25-45-37(40)4-2/h3-4,10-21,26-27H,1-2,5-9,22-25H2. The van der Waals surface area contributed by atoms with Gasteiger partial charge >= 0.3 is 11.9 Å². The first kappa shape index (κ1) is 34.1. The number of fused-ring (bicyclic) bond motifs is 1. The van der Waals surface area contributed by atoms with E-state index in [1.165, 1.54) is 17.8 Å². The number of thioether (sulfide) groups is 1. The van der Waals surface area contributed by atoms with Crippen LogP contribution in [0, 0.1) is 0 Å². The fourth-order valence-corrected chi connectivity index (χ4v) is 5.26. The normalized spacial score (nSPS) is 10.6. The molecule has 0 bridgehead atoms. The molecule has 4 rings (SSSR count). The van der Waals surface area contributed by atoms with Crippen LogP contribution in [0.15, 0.2) is 115 Å². The smallest absolute Gasteiger partial charge is 0.330 e. The maximum atomic E-state index is 13.1. The van der Waals surface area contributed by atoms with Crippen molar-refractivity contribution in [3.63, 3.8) is 0 Å². The number of hydrogen-bond donors (Lipinski definition) is 0. The van der Waals surface area contributed by atoms with E-state index in [-0.39, 0.29) is 17.7 Å². The van der Waals surface area contributed by atoms with E-state index in [9.17, 15) is 14.4 Å². The number of rotatable bonds is 18. The summed E-state index contributed by atoms with van der Waals surface area (Å²) in [7, 11) is 0. The van der Waals surface area contributed by atoms with E-state index in [0.29, 0.717) is 37.6 Å². The highest BCUT2D eigenvalue weighted by Crippen LogP contribution is 2.29. The van der Waals surface area contributed by atoms with Crippen LogP contribution in [0.3, 0.4) is 0 Å². The molecule has 0 aliphatic rings. The van der Waals surface area contributed by atoms with Crippen LogP contribution in [0.5, 0.6) is 11.5 Å². The van der Waals surface area contributed by atoms with Gasteiger partial charge in [-0.15, -0.1) is 0 Å². The van der Waals surface area contributed by atoms with Gasteiger partial charge in [0.1, 0.15) is 11.5 Å². The molecule has 0 radical (unpaired) electrons. The molecule has 0 spiro atoms. The third-order valence-electron chi connectivity index (χ3n) is 6.99. The molecule has 0 aliphatic carbocycles. The quantitative estimate of drug-likeness (QED) is 0.0463. The molecule has 8 heteroatoms. The topological polar surface area (TPSA) is 88.1 Å². The summed E-state index contributed by atoms with van der Waals surface area (Å²) in [6.07, 6.45) is 6.65. The molecule has 0 N–H and O–H groups in total. The van der Waals surface area contributed by atoms with Crippen LogP contribution in [0.4, 0.5) is 0 Å². The van der Waals surface area contributed by atoms with Crippen LogP contribution in [0.1, 0.15) is 42.5 Å². The third kappa shape index (κ3) is 11.0. The molecule has 238 valence electrons. The van der Waals surface area contributed by atoms with E-state index in [4.69, 9.17) is 18.9 Å². The van der Waals surface area contributed by atoms with Gasteiger partial charge in [0.25, 0.3) is 0 Å². The van der Waals surface area contributed by atoms with Crippen molar-refractivity contribution in [1.29, 1.82) is 0 Å². The van der Waals surface area contributed by atoms with Gasteiger partial charge in [-0.3, -0.25) is 4.79 Å². The van der Waals surface area contributed by atoms with Gasteiger partial charge in [-0.1, -0.05) is 49.6 Å². The minimum absolute atomic E-state index is 0.0262. The molecular formula is C38H38O7S. The highest BCUT2D eigenvalue weighted by molar-refractivity contribution is 8.14. The van der Waals surface area contributed by atoms with Gasteiger partial charge in [-0.25, -0.2) is 9.59 Å².